The molecule has 0 radical (unpaired) electrons. The van der Waals surface area contributed by atoms with Crippen LogP contribution in [-0.4, -0.2) is 14.5 Å². The zero-order chi connectivity index (χ0) is 14.8. The number of nitrogens with zero attached hydrogens (tertiary/aromatic N) is 2. The van der Waals surface area contributed by atoms with Crippen molar-refractivity contribution in [2.45, 2.75) is 19.6 Å². The Morgan fingerprint density at radius 2 is 2.19 bits per heavy atom. The molecule has 0 amide bonds. The number of aliphatic hydroxyl groups is 1. The van der Waals surface area contributed by atoms with Gasteiger partial charge in [0, 0.05) is 22.4 Å². The molecule has 108 valence electrons. The first kappa shape index (κ1) is 14.1. The van der Waals surface area contributed by atoms with Crippen LogP contribution in [0.1, 0.15) is 24.3 Å². The summed E-state index contributed by atoms with van der Waals surface area (Å²) >= 11 is 3.40. The van der Waals surface area contributed by atoms with Crippen LogP contribution in [0.3, 0.4) is 0 Å². The summed E-state index contributed by atoms with van der Waals surface area (Å²) in [4.78, 5) is 4.49. The molecule has 0 saturated heterocycles. The second-order valence-electron chi connectivity index (χ2n) is 4.85. The Labute approximate surface area is 131 Å². The van der Waals surface area contributed by atoms with Gasteiger partial charge in [-0.2, -0.15) is 0 Å². The number of ether oxygens (including phenoxy) is 1. The lowest BCUT2D eigenvalue weighted by atomic mass is 10.1. The number of benzene rings is 1. The molecule has 0 saturated carbocycles. The molecule has 5 heteroatoms. The average molecular weight is 347 g/mol. The largest absolute Gasteiger partial charge is 0.487 e. The van der Waals surface area contributed by atoms with E-state index in [1.807, 2.05) is 53.2 Å². The maximum Gasteiger partial charge on any atom is 0.137 e. The standard InChI is InChI=1S/C16H15BrN2O2/c1-11(20)14-8-12(17)5-6-15(14)21-10-13-9-19-7-3-2-4-16(19)18-13/h2-9,11,20H,10H2,1H3/t11-/m1/s1. The Hall–Kier alpha value is -1.85. The highest BCUT2D eigenvalue weighted by molar-refractivity contribution is 9.10. The van der Waals surface area contributed by atoms with Gasteiger partial charge < -0.3 is 14.2 Å². The Balaban J connectivity index is 1.81. The predicted molar refractivity (Wildman–Crippen MR) is 84.3 cm³/mol. The van der Waals surface area contributed by atoms with Gasteiger partial charge in [-0.3, -0.25) is 0 Å². The number of hydrogen-bond acceptors (Lipinski definition) is 3. The second-order valence-corrected chi connectivity index (χ2v) is 5.76. The van der Waals surface area contributed by atoms with Gasteiger partial charge in [0.15, 0.2) is 0 Å². The van der Waals surface area contributed by atoms with E-state index < -0.39 is 6.10 Å². The molecule has 21 heavy (non-hydrogen) atoms. The summed E-state index contributed by atoms with van der Waals surface area (Å²) in [5.41, 5.74) is 2.50. The molecule has 3 aromatic rings. The zero-order valence-corrected chi connectivity index (χ0v) is 13.1. The van der Waals surface area contributed by atoms with Gasteiger partial charge in [0.05, 0.1) is 11.8 Å². The number of fused-ring (bicyclic) bond motifs is 1. The summed E-state index contributed by atoms with van der Waals surface area (Å²) in [6.45, 7) is 2.09. The third kappa shape index (κ3) is 3.09. The monoisotopic (exact) mass is 346 g/mol. The summed E-state index contributed by atoms with van der Waals surface area (Å²) in [5, 5.41) is 9.82. The van der Waals surface area contributed by atoms with Crippen LogP contribution in [0.5, 0.6) is 5.75 Å². The lowest BCUT2D eigenvalue weighted by Crippen LogP contribution is -2.01. The minimum absolute atomic E-state index is 0.364. The van der Waals surface area contributed by atoms with E-state index in [2.05, 4.69) is 20.9 Å². The van der Waals surface area contributed by atoms with Crippen LogP contribution in [0.25, 0.3) is 5.65 Å². The van der Waals surface area contributed by atoms with Crippen molar-refractivity contribution in [3.05, 3.63) is 64.5 Å². The number of hydrogen-bond donors (Lipinski definition) is 1. The van der Waals surface area contributed by atoms with Gasteiger partial charge in [-0.05, 0) is 37.3 Å². The topological polar surface area (TPSA) is 46.8 Å². The molecule has 0 aliphatic heterocycles. The predicted octanol–water partition coefficient (Wildman–Crippen LogP) is 3.73. The van der Waals surface area contributed by atoms with Crippen molar-refractivity contribution in [3.63, 3.8) is 0 Å². The molecule has 1 aromatic carbocycles. The Morgan fingerprint density at radius 3 is 2.95 bits per heavy atom. The maximum absolute atomic E-state index is 9.82. The van der Waals surface area contributed by atoms with E-state index in [-0.39, 0.29) is 0 Å². The quantitative estimate of drug-likeness (QED) is 0.782. The molecule has 0 bridgehead atoms. The zero-order valence-electron chi connectivity index (χ0n) is 11.5. The number of aliphatic hydroxyl groups excluding tert-OH is 1. The minimum atomic E-state index is -0.585. The van der Waals surface area contributed by atoms with E-state index in [1.165, 1.54) is 0 Å². The summed E-state index contributed by atoms with van der Waals surface area (Å²) in [5.74, 6) is 0.672. The van der Waals surface area contributed by atoms with Crippen LogP contribution in [-0.2, 0) is 6.61 Å². The lowest BCUT2D eigenvalue weighted by molar-refractivity contribution is 0.190. The van der Waals surface area contributed by atoms with Crippen molar-refractivity contribution in [2.24, 2.45) is 0 Å². The second kappa shape index (κ2) is 5.87. The highest BCUT2D eigenvalue weighted by Crippen LogP contribution is 2.29. The van der Waals surface area contributed by atoms with E-state index in [0.29, 0.717) is 12.4 Å². The first-order chi connectivity index (χ1) is 10.1. The summed E-state index contributed by atoms with van der Waals surface area (Å²) < 4.78 is 8.68. The van der Waals surface area contributed by atoms with Crippen molar-refractivity contribution < 1.29 is 9.84 Å². The summed E-state index contributed by atoms with van der Waals surface area (Å²) in [7, 11) is 0. The SMILES string of the molecule is C[C@@H](O)c1cc(Br)ccc1OCc1cn2ccccc2n1. The normalized spacial score (nSPS) is 12.5. The van der Waals surface area contributed by atoms with Crippen LogP contribution in [0.4, 0.5) is 0 Å². The van der Waals surface area contributed by atoms with Gasteiger partial charge in [-0.25, -0.2) is 4.98 Å². The van der Waals surface area contributed by atoms with Gasteiger partial charge in [0.2, 0.25) is 0 Å². The van der Waals surface area contributed by atoms with Crippen molar-refractivity contribution in [2.75, 3.05) is 0 Å². The molecular formula is C16H15BrN2O2. The Morgan fingerprint density at radius 1 is 1.33 bits per heavy atom. The fourth-order valence-corrected chi connectivity index (χ4v) is 2.56. The molecule has 0 aliphatic carbocycles. The van der Waals surface area contributed by atoms with Gasteiger partial charge in [0.1, 0.15) is 18.0 Å². The van der Waals surface area contributed by atoms with Crippen LogP contribution in [0.15, 0.2) is 53.3 Å². The fraction of sp³-hybridized carbons (Fsp3) is 0.188. The minimum Gasteiger partial charge on any atom is -0.487 e. The van der Waals surface area contributed by atoms with Crippen LogP contribution in [0, 0.1) is 0 Å². The van der Waals surface area contributed by atoms with Crippen LogP contribution in [0.2, 0.25) is 0 Å². The summed E-state index contributed by atoms with van der Waals surface area (Å²) in [6, 6.07) is 11.5. The van der Waals surface area contributed by atoms with Crippen molar-refractivity contribution in [1.82, 2.24) is 9.38 Å². The molecule has 1 atom stereocenters. The van der Waals surface area contributed by atoms with Crippen LogP contribution < -0.4 is 4.74 Å². The van der Waals surface area contributed by atoms with Crippen molar-refractivity contribution in [3.8, 4) is 5.75 Å². The molecule has 4 nitrogen and oxygen atoms in total. The number of rotatable bonds is 4. The fourth-order valence-electron chi connectivity index (χ4n) is 2.19. The molecule has 0 spiro atoms. The van der Waals surface area contributed by atoms with Crippen molar-refractivity contribution >= 4 is 21.6 Å². The van der Waals surface area contributed by atoms with Gasteiger partial charge in [0.25, 0.3) is 0 Å². The first-order valence-corrected chi connectivity index (χ1v) is 7.46. The number of halogens is 1. The van der Waals surface area contributed by atoms with E-state index in [4.69, 9.17) is 4.74 Å². The number of aromatic nitrogens is 2. The van der Waals surface area contributed by atoms with Gasteiger partial charge in [-0.15, -0.1) is 0 Å². The Bertz CT molecular complexity index is 735. The number of imidazole rings is 1. The van der Waals surface area contributed by atoms with Crippen LogP contribution >= 0.6 is 15.9 Å². The van der Waals surface area contributed by atoms with E-state index in [9.17, 15) is 5.11 Å². The van der Waals surface area contributed by atoms with Gasteiger partial charge in [-0.1, -0.05) is 22.0 Å². The maximum atomic E-state index is 9.82. The molecule has 3 rings (SSSR count). The average Bonchev–Trinajstić information content (AvgIpc) is 2.88. The molecule has 1 N–H and O–H groups in total. The smallest absolute Gasteiger partial charge is 0.137 e. The molecule has 2 heterocycles. The highest BCUT2D eigenvalue weighted by atomic mass is 79.9. The van der Waals surface area contributed by atoms with E-state index >= 15 is 0 Å². The highest BCUT2D eigenvalue weighted by Gasteiger charge is 2.11. The van der Waals surface area contributed by atoms with E-state index in [0.717, 1.165) is 21.4 Å². The Kier molecular flexibility index (Phi) is 3.94. The third-order valence-corrected chi connectivity index (χ3v) is 3.70. The van der Waals surface area contributed by atoms with Gasteiger partial charge >= 0.3 is 0 Å². The first-order valence-electron chi connectivity index (χ1n) is 6.66. The van der Waals surface area contributed by atoms with E-state index in [1.54, 1.807) is 6.92 Å². The van der Waals surface area contributed by atoms with Crippen molar-refractivity contribution in [1.29, 1.82) is 0 Å². The third-order valence-electron chi connectivity index (χ3n) is 3.21. The molecular weight excluding hydrogens is 332 g/mol. The lowest BCUT2D eigenvalue weighted by Gasteiger charge is -2.13. The molecule has 0 aliphatic rings. The number of pyridine rings is 1. The molecule has 0 unspecified atom stereocenters. The molecule has 0 fully saturated rings. The molecule has 2 aromatic heterocycles. The summed E-state index contributed by atoms with van der Waals surface area (Å²) in [6.07, 6.45) is 3.31.